The van der Waals surface area contributed by atoms with Crippen molar-refractivity contribution in [2.75, 3.05) is 0 Å². The monoisotopic (exact) mass is 367 g/mol. The van der Waals surface area contributed by atoms with Gasteiger partial charge in [-0.2, -0.15) is 5.10 Å². The highest BCUT2D eigenvalue weighted by molar-refractivity contribution is 7.80. The smallest absolute Gasteiger partial charge is 0.269 e. The van der Waals surface area contributed by atoms with Crippen LogP contribution in [0.1, 0.15) is 5.56 Å². The van der Waals surface area contributed by atoms with Gasteiger partial charge in [0.15, 0.2) is 5.11 Å². The molecule has 0 bridgehead atoms. The summed E-state index contributed by atoms with van der Waals surface area (Å²) < 4.78 is 1.65. The molecular weight excluding hydrogens is 354 g/mol. The van der Waals surface area contributed by atoms with Crippen LogP contribution in [0, 0.1) is 10.1 Å². The molecule has 26 heavy (non-hydrogen) atoms. The van der Waals surface area contributed by atoms with E-state index in [2.05, 4.69) is 33.1 Å². The number of hydrogen-bond donors (Lipinski definition) is 2. The number of nitro groups is 1. The van der Waals surface area contributed by atoms with E-state index in [1.54, 1.807) is 29.2 Å². The standard InChI is InChI=1S/C16H13N7O2S/c17-16(26)20-18-9-11-1-5-13(6-2-11)22-15(10-19-21-22)12-3-7-14(8-4-12)23(24)25/h1-10H,(H3,17,20,26)/b18-9+. The van der Waals surface area contributed by atoms with Gasteiger partial charge in [-0.1, -0.05) is 17.3 Å². The van der Waals surface area contributed by atoms with Gasteiger partial charge in [-0.3, -0.25) is 15.5 Å². The molecular formula is C16H13N7O2S. The molecule has 0 aliphatic carbocycles. The van der Waals surface area contributed by atoms with Crippen LogP contribution in [0.15, 0.2) is 59.8 Å². The number of rotatable bonds is 5. The van der Waals surface area contributed by atoms with Gasteiger partial charge in [0.1, 0.15) is 0 Å². The quantitative estimate of drug-likeness (QED) is 0.306. The molecule has 0 aliphatic rings. The summed E-state index contributed by atoms with van der Waals surface area (Å²) in [5.74, 6) is 0. The van der Waals surface area contributed by atoms with Crippen LogP contribution in [-0.2, 0) is 0 Å². The van der Waals surface area contributed by atoms with Crippen molar-refractivity contribution >= 4 is 29.2 Å². The molecule has 0 radical (unpaired) electrons. The molecule has 0 fully saturated rings. The summed E-state index contributed by atoms with van der Waals surface area (Å²) in [5.41, 5.74) is 10.9. The minimum absolute atomic E-state index is 0.0296. The minimum atomic E-state index is -0.439. The van der Waals surface area contributed by atoms with Crippen LogP contribution in [0.4, 0.5) is 5.69 Å². The minimum Gasteiger partial charge on any atom is -0.375 e. The first-order valence-corrected chi connectivity index (χ1v) is 7.80. The summed E-state index contributed by atoms with van der Waals surface area (Å²) in [4.78, 5) is 10.3. The van der Waals surface area contributed by atoms with Gasteiger partial charge in [-0.25, -0.2) is 4.68 Å². The fraction of sp³-hybridized carbons (Fsp3) is 0. The van der Waals surface area contributed by atoms with Crippen LogP contribution >= 0.6 is 12.2 Å². The zero-order valence-electron chi connectivity index (χ0n) is 13.3. The molecule has 2 aromatic carbocycles. The number of nitrogens with one attached hydrogen (secondary N) is 1. The summed E-state index contributed by atoms with van der Waals surface area (Å²) in [6.45, 7) is 0. The van der Waals surface area contributed by atoms with Gasteiger partial charge in [-0.05, 0) is 42.0 Å². The molecule has 3 aromatic rings. The summed E-state index contributed by atoms with van der Waals surface area (Å²) in [6, 6.07) is 13.6. The second-order valence-corrected chi connectivity index (χ2v) is 5.60. The molecule has 0 spiro atoms. The molecule has 0 amide bonds. The van der Waals surface area contributed by atoms with Crippen molar-refractivity contribution < 1.29 is 4.92 Å². The summed E-state index contributed by atoms with van der Waals surface area (Å²) >= 11 is 4.67. The third kappa shape index (κ3) is 3.87. The van der Waals surface area contributed by atoms with Crippen molar-refractivity contribution in [3.05, 3.63) is 70.4 Å². The molecule has 0 aliphatic heterocycles. The number of nitrogens with zero attached hydrogens (tertiary/aromatic N) is 5. The summed E-state index contributed by atoms with van der Waals surface area (Å²) in [7, 11) is 0. The van der Waals surface area contributed by atoms with Crippen LogP contribution in [0.5, 0.6) is 0 Å². The molecule has 0 unspecified atom stereocenters. The Labute approximate surface area is 153 Å². The van der Waals surface area contributed by atoms with E-state index >= 15 is 0 Å². The average molecular weight is 367 g/mol. The normalized spacial score (nSPS) is 10.8. The number of nitrogens with two attached hydrogens (primary N) is 1. The van der Waals surface area contributed by atoms with E-state index in [9.17, 15) is 10.1 Å². The second kappa shape index (κ2) is 7.49. The number of hydrazone groups is 1. The maximum atomic E-state index is 10.8. The molecule has 0 saturated carbocycles. The van der Waals surface area contributed by atoms with Crippen LogP contribution in [0.25, 0.3) is 16.9 Å². The van der Waals surface area contributed by atoms with Gasteiger partial charge in [0.2, 0.25) is 0 Å². The van der Waals surface area contributed by atoms with E-state index in [1.807, 2.05) is 24.3 Å². The van der Waals surface area contributed by atoms with E-state index in [4.69, 9.17) is 5.73 Å². The molecule has 0 atom stereocenters. The van der Waals surface area contributed by atoms with E-state index in [-0.39, 0.29) is 10.8 Å². The van der Waals surface area contributed by atoms with Gasteiger partial charge in [0.25, 0.3) is 5.69 Å². The van der Waals surface area contributed by atoms with Crippen LogP contribution < -0.4 is 11.2 Å². The predicted molar refractivity (Wildman–Crippen MR) is 101 cm³/mol. The Bertz CT molecular complexity index is 965. The van der Waals surface area contributed by atoms with E-state index in [0.717, 1.165) is 22.5 Å². The number of aromatic nitrogens is 3. The van der Waals surface area contributed by atoms with Crippen LogP contribution in [0.3, 0.4) is 0 Å². The van der Waals surface area contributed by atoms with Crippen molar-refractivity contribution in [3.8, 4) is 16.9 Å². The zero-order chi connectivity index (χ0) is 18.5. The fourth-order valence-corrected chi connectivity index (χ4v) is 2.30. The predicted octanol–water partition coefficient (Wildman–Crippen LogP) is 2.01. The highest BCUT2D eigenvalue weighted by Crippen LogP contribution is 2.23. The Morgan fingerprint density at radius 1 is 1.23 bits per heavy atom. The first-order chi connectivity index (χ1) is 12.5. The molecule has 130 valence electrons. The number of non-ortho nitro benzene ring substituents is 1. The van der Waals surface area contributed by atoms with E-state index in [0.29, 0.717) is 0 Å². The van der Waals surface area contributed by atoms with Gasteiger partial charge < -0.3 is 5.73 Å². The van der Waals surface area contributed by atoms with Crippen LogP contribution in [-0.4, -0.2) is 31.2 Å². The summed E-state index contributed by atoms with van der Waals surface area (Å²) in [6.07, 6.45) is 3.18. The Balaban J connectivity index is 1.85. The highest BCUT2D eigenvalue weighted by Gasteiger charge is 2.11. The molecule has 3 N–H and O–H groups in total. The lowest BCUT2D eigenvalue weighted by molar-refractivity contribution is -0.384. The third-order valence-corrected chi connectivity index (χ3v) is 3.54. The van der Waals surface area contributed by atoms with E-state index < -0.39 is 4.92 Å². The molecule has 9 nitrogen and oxygen atoms in total. The highest BCUT2D eigenvalue weighted by atomic mass is 32.1. The third-order valence-electron chi connectivity index (χ3n) is 3.45. The van der Waals surface area contributed by atoms with Crippen molar-refractivity contribution in [3.63, 3.8) is 0 Å². The van der Waals surface area contributed by atoms with Crippen molar-refractivity contribution in [2.45, 2.75) is 0 Å². The lowest BCUT2D eigenvalue weighted by Crippen LogP contribution is -2.23. The topological polar surface area (TPSA) is 124 Å². The number of benzene rings is 2. The van der Waals surface area contributed by atoms with Crippen molar-refractivity contribution in [2.24, 2.45) is 10.8 Å². The van der Waals surface area contributed by atoms with Gasteiger partial charge in [0.05, 0.1) is 28.7 Å². The van der Waals surface area contributed by atoms with Crippen LogP contribution in [0.2, 0.25) is 0 Å². The maximum Gasteiger partial charge on any atom is 0.269 e. The molecule has 1 heterocycles. The lowest BCUT2D eigenvalue weighted by atomic mass is 10.1. The Morgan fingerprint density at radius 3 is 2.54 bits per heavy atom. The maximum absolute atomic E-state index is 10.8. The number of thiocarbonyl (C=S) groups is 1. The largest absolute Gasteiger partial charge is 0.375 e. The molecule has 0 saturated heterocycles. The number of nitro benzene ring substituents is 1. The molecule has 3 rings (SSSR count). The second-order valence-electron chi connectivity index (χ2n) is 5.16. The van der Waals surface area contributed by atoms with Gasteiger partial charge >= 0.3 is 0 Å². The fourth-order valence-electron chi connectivity index (χ4n) is 2.25. The Morgan fingerprint density at radius 2 is 1.92 bits per heavy atom. The Kier molecular flexibility index (Phi) is 4.94. The Hall–Kier alpha value is -3.66. The first kappa shape index (κ1) is 17.2. The average Bonchev–Trinajstić information content (AvgIpc) is 3.12. The van der Waals surface area contributed by atoms with Crippen molar-refractivity contribution in [1.29, 1.82) is 0 Å². The van der Waals surface area contributed by atoms with Gasteiger partial charge in [-0.15, -0.1) is 5.10 Å². The zero-order valence-corrected chi connectivity index (χ0v) is 14.1. The lowest BCUT2D eigenvalue weighted by Gasteiger charge is -2.06. The SMILES string of the molecule is NC(=S)N/N=C/c1ccc(-n2nncc2-c2ccc([N+](=O)[O-])cc2)cc1. The summed E-state index contributed by atoms with van der Waals surface area (Å²) in [5, 5.41) is 22.8. The molecule has 10 heteroatoms. The molecule has 1 aromatic heterocycles. The van der Waals surface area contributed by atoms with Gasteiger partial charge in [0, 0.05) is 17.7 Å². The number of hydrogen-bond acceptors (Lipinski definition) is 6. The first-order valence-electron chi connectivity index (χ1n) is 7.39. The van der Waals surface area contributed by atoms with Crippen molar-refractivity contribution in [1.82, 2.24) is 20.4 Å². The van der Waals surface area contributed by atoms with E-state index in [1.165, 1.54) is 12.1 Å².